The van der Waals surface area contributed by atoms with Crippen LogP contribution >= 0.6 is 0 Å². The van der Waals surface area contributed by atoms with Crippen LogP contribution in [0.2, 0.25) is 0 Å². The van der Waals surface area contributed by atoms with Crippen LogP contribution in [0, 0.1) is 23.0 Å². The summed E-state index contributed by atoms with van der Waals surface area (Å²) in [7, 11) is 0. The largest absolute Gasteiger partial charge is 0.481 e. The fourth-order valence-corrected chi connectivity index (χ4v) is 2.36. The van der Waals surface area contributed by atoms with Crippen molar-refractivity contribution >= 4 is 17.5 Å². The molecule has 0 aliphatic carbocycles. The molecule has 1 N–H and O–H groups in total. The van der Waals surface area contributed by atoms with Crippen molar-refractivity contribution < 1.29 is 14.8 Å². The zero-order chi connectivity index (χ0) is 14.0. The average molecular weight is 265 g/mol. The zero-order valence-electron chi connectivity index (χ0n) is 10.6. The highest BCUT2D eigenvalue weighted by Crippen LogP contribution is 2.26. The Kier molecular flexibility index (Phi) is 3.64. The first kappa shape index (κ1) is 13.3. The Balaban J connectivity index is 2.09. The van der Waals surface area contributed by atoms with Gasteiger partial charge in [-0.2, -0.15) is 0 Å². The molecule has 1 aromatic heterocycles. The van der Waals surface area contributed by atoms with Gasteiger partial charge in [-0.3, -0.25) is 14.9 Å². The maximum Gasteiger partial charge on any atom is 0.303 e. The molecular weight excluding hydrogens is 250 g/mol. The lowest BCUT2D eigenvalue weighted by molar-refractivity contribution is -0.385. The number of nitrogens with zero attached hydrogens (tertiary/aromatic N) is 3. The van der Waals surface area contributed by atoms with Crippen molar-refractivity contribution in [1.82, 2.24) is 4.98 Å². The number of nitro groups is 1. The van der Waals surface area contributed by atoms with Gasteiger partial charge in [0, 0.05) is 25.6 Å². The molecular formula is C12H15N3O4. The van der Waals surface area contributed by atoms with Gasteiger partial charge in [-0.25, -0.2) is 4.98 Å². The van der Waals surface area contributed by atoms with E-state index in [9.17, 15) is 14.9 Å². The predicted octanol–water partition coefficient (Wildman–Crippen LogP) is 1.60. The summed E-state index contributed by atoms with van der Waals surface area (Å²) >= 11 is 0. The number of hydrogen-bond acceptors (Lipinski definition) is 5. The molecule has 2 heterocycles. The van der Waals surface area contributed by atoms with Crippen molar-refractivity contribution in [3.63, 3.8) is 0 Å². The van der Waals surface area contributed by atoms with Crippen LogP contribution in [0.1, 0.15) is 18.5 Å². The summed E-state index contributed by atoms with van der Waals surface area (Å²) in [6, 6.07) is 3.07. The Labute approximate surface area is 110 Å². The topological polar surface area (TPSA) is 96.6 Å². The van der Waals surface area contributed by atoms with Gasteiger partial charge >= 0.3 is 5.97 Å². The number of aliphatic carboxylic acids is 1. The van der Waals surface area contributed by atoms with Crippen molar-refractivity contribution in [2.45, 2.75) is 19.8 Å². The molecule has 0 saturated carbocycles. The van der Waals surface area contributed by atoms with E-state index in [4.69, 9.17) is 5.11 Å². The van der Waals surface area contributed by atoms with Crippen LogP contribution in [0.15, 0.2) is 12.1 Å². The molecule has 1 fully saturated rings. The summed E-state index contributed by atoms with van der Waals surface area (Å²) in [5, 5.41) is 19.5. The Morgan fingerprint density at radius 3 is 2.95 bits per heavy atom. The first-order valence-corrected chi connectivity index (χ1v) is 6.06. The van der Waals surface area contributed by atoms with E-state index in [1.54, 1.807) is 13.0 Å². The summed E-state index contributed by atoms with van der Waals surface area (Å²) < 4.78 is 0. The smallest absolute Gasteiger partial charge is 0.303 e. The molecule has 1 saturated heterocycles. The van der Waals surface area contributed by atoms with Crippen molar-refractivity contribution in [3.8, 4) is 0 Å². The van der Waals surface area contributed by atoms with Crippen LogP contribution in [0.4, 0.5) is 11.5 Å². The van der Waals surface area contributed by atoms with E-state index in [-0.39, 0.29) is 18.0 Å². The van der Waals surface area contributed by atoms with Crippen molar-refractivity contribution in [2.75, 3.05) is 18.0 Å². The van der Waals surface area contributed by atoms with Crippen molar-refractivity contribution in [3.05, 3.63) is 27.9 Å². The number of pyridine rings is 1. The average Bonchev–Trinajstić information content (AvgIpc) is 2.75. The van der Waals surface area contributed by atoms with E-state index in [0.29, 0.717) is 18.1 Å². The number of aromatic nitrogens is 1. The summed E-state index contributed by atoms with van der Waals surface area (Å²) in [4.78, 5) is 27.1. The normalized spacial score (nSPS) is 18.6. The van der Waals surface area contributed by atoms with Gasteiger partial charge in [0.2, 0.25) is 0 Å². The Morgan fingerprint density at radius 1 is 1.63 bits per heavy atom. The van der Waals surface area contributed by atoms with Crippen LogP contribution in [0.5, 0.6) is 0 Å². The second-order valence-corrected chi connectivity index (χ2v) is 4.73. The van der Waals surface area contributed by atoms with E-state index >= 15 is 0 Å². The minimum Gasteiger partial charge on any atom is -0.481 e. The highest BCUT2D eigenvalue weighted by molar-refractivity contribution is 5.67. The molecule has 1 aliphatic rings. The molecule has 1 aliphatic heterocycles. The molecule has 7 nitrogen and oxygen atoms in total. The zero-order valence-corrected chi connectivity index (χ0v) is 10.6. The molecule has 0 spiro atoms. The van der Waals surface area contributed by atoms with Gasteiger partial charge in [0.25, 0.3) is 5.69 Å². The quantitative estimate of drug-likeness (QED) is 0.656. The molecule has 1 unspecified atom stereocenters. The number of aryl methyl sites for hydroxylation is 1. The Hall–Kier alpha value is -2.18. The standard InChI is InChI=1S/C12H15N3O4/c1-8-10(15(18)19)2-3-11(13-8)14-5-4-9(7-14)6-12(16)17/h2-3,9H,4-7H2,1H3,(H,16,17). The third-order valence-electron chi connectivity index (χ3n) is 3.31. The lowest BCUT2D eigenvalue weighted by atomic mass is 10.1. The highest BCUT2D eigenvalue weighted by atomic mass is 16.6. The van der Waals surface area contributed by atoms with Gasteiger partial charge in [0.15, 0.2) is 0 Å². The van der Waals surface area contributed by atoms with Gasteiger partial charge in [0.05, 0.1) is 4.92 Å². The maximum absolute atomic E-state index is 10.7. The van der Waals surface area contributed by atoms with Crippen molar-refractivity contribution in [1.29, 1.82) is 0 Å². The number of hydrogen-bond donors (Lipinski definition) is 1. The molecule has 19 heavy (non-hydrogen) atoms. The number of carboxylic acid groups (broad SMARTS) is 1. The lowest BCUT2D eigenvalue weighted by Gasteiger charge is -2.17. The number of anilines is 1. The van der Waals surface area contributed by atoms with Gasteiger partial charge in [-0.15, -0.1) is 0 Å². The predicted molar refractivity (Wildman–Crippen MR) is 68.2 cm³/mol. The second-order valence-electron chi connectivity index (χ2n) is 4.73. The molecule has 2 rings (SSSR count). The summed E-state index contributed by atoms with van der Waals surface area (Å²) in [5.74, 6) is 0.00507. The number of carboxylic acids is 1. The summed E-state index contributed by atoms with van der Waals surface area (Å²) in [6.07, 6.45) is 0.965. The molecule has 1 aromatic rings. The molecule has 0 amide bonds. The molecule has 0 bridgehead atoms. The van der Waals surface area contributed by atoms with Gasteiger partial charge < -0.3 is 10.0 Å². The van der Waals surface area contributed by atoms with Gasteiger partial charge in [0.1, 0.15) is 11.5 Å². The lowest BCUT2D eigenvalue weighted by Crippen LogP contribution is -2.21. The number of rotatable bonds is 4. The van der Waals surface area contributed by atoms with E-state index in [2.05, 4.69) is 4.98 Å². The fourth-order valence-electron chi connectivity index (χ4n) is 2.36. The summed E-state index contributed by atoms with van der Waals surface area (Å²) in [6.45, 7) is 2.98. The SMILES string of the molecule is Cc1nc(N2CCC(CC(=O)O)C2)ccc1[N+](=O)[O-]. The van der Waals surface area contributed by atoms with Crippen LogP contribution in [0.25, 0.3) is 0 Å². The first-order valence-electron chi connectivity index (χ1n) is 6.06. The van der Waals surface area contributed by atoms with Crippen LogP contribution in [-0.4, -0.2) is 34.1 Å². The fraction of sp³-hybridized carbons (Fsp3) is 0.500. The molecule has 102 valence electrons. The van der Waals surface area contributed by atoms with E-state index < -0.39 is 10.9 Å². The van der Waals surface area contributed by atoms with Crippen LogP contribution < -0.4 is 4.90 Å². The number of carbonyl (C=O) groups is 1. The highest BCUT2D eigenvalue weighted by Gasteiger charge is 2.26. The molecule has 1 atom stereocenters. The monoisotopic (exact) mass is 265 g/mol. The molecule has 0 radical (unpaired) electrons. The first-order chi connectivity index (χ1) is 8.97. The second kappa shape index (κ2) is 5.21. The minimum atomic E-state index is -0.792. The Morgan fingerprint density at radius 2 is 2.37 bits per heavy atom. The van der Waals surface area contributed by atoms with Crippen LogP contribution in [0.3, 0.4) is 0 Å². The van der Waals surface area contributed by atoms with Gasteiger partial charge in [-0.05, 0) is 25.3 Å². The van der Waals surface area contributed by atoms with Gasteiger partial charge in [-0.1, -0.05) is 0 Å². The van der Waals surface area contributed by atoms with E-state index in [1.165, 1.54) is 6.07 Å². The van der Waals surface area contributed by atoms with E-state index in [1.807, 2.05) is 4.90 Å². The third kappa shape index (κ3) is 2.98. The third-order valence-corrected chi connectivity index (χ3v) is 3.31. The molecule has 0 aromatic carbocycles. The van der Waals surface area contributed by atoms with Crippen molar-refractivity contribution in [2.24, 2.45) is 5.92 Å². The van der Waals surface area contributed by atoms with Crippen LogP contribution in [-0.2, 0) is 4.79 Å². The van der Waals surface area contributed by atoms with E-state index in [0.717, 1.165) is 13.0 Å². The minimum absolute atomic E-state index is 0.00466. The Bertz CT molecular complexity index is 518. The summed E-state index contributed by atoms with van der Waals surface area (Å²) in [5.41, 5.74) is 0.384. The maximum atomic E-state index is 10.7. The molecule has 7 heteroatoms.